The summed E-state index contributed by atoms with van der Waals surface area (Å²) in [5.74, 6) is -0.412. The van der Waals surface area contributed by atoms with Crippen molar-refractivity contribution in [2.45, 2.75) is 122 Å². The first-order valence-corrected chi connectivity index (χ1v) is 28.0. The smallest absolute Gasteiger partial charge is 0.343 e. The van der Waals surface area contributed by atoms with Crippen LogP contribution < -0.4 is 20.9 Å². The number of rotatable bonds is 15. The molecule has 3 N–H and O–H groups in total. The Morgan fingerprint density at radius 2 is 1.43 bits per heavy atom. The summed E-state index contributed by atoms with van der Waals surface area (Å²) in [6, 6.07) is 4.94. The summed E-state index contributed by atoms with van der Waals surface area (Å²) in [7, 11) is 1.84. The molecule has 0 radical (unpaired) electrons. The molecule has 10 rings (SSSR count). The Kier molecular flexibility index (Phi) is 16.3. The number of ether oxygens (including phenoxy) is 1. The Hall–Kier alpha value is -6.48. The number of hydrogen-bond donors (Lipinski definition) is 3. The molecule has 1 unspecified atom stereocenters. The van der Waals surface area contributed by atoms with Gasteiger partial charge in [-0.05, 0) is 128 Å². The topological polar surface area (TPSA) is 228 Å². The molecule has 1 atom stereocenters. The Labute approximate surface area is 444 Å². The number of amides is 6. The van der Waals surface area contributed by atoms with Crippen molar-refractivity contribution in [1.82, 2.24) is 49.6 Å². The highest BCUT2D eigenvalue weighted by Crippen LogP contribution is 2.35. The van der Waals surface area contributed by atoms with Gasteiger partial charge in [0.25, 0.3) is 11.8 Å². The predicted molar refractivity (Wildman–Crippen MR) is 283 cm³/mol. The van der Waals surface area contributed by atoms with E-state index in [0.29, 0.717) is 46.1 Å². The molecule has 7 heterocycles. The zero-order valence-corrected chi connectivity index (χ0v) is 44.5. The van der Waals surface area contributed by atoms with E-state index >= 15 is 0 Å². The zero-order chi connectivity index (χ0) is 53.0. The second-order valence-corrected chi connectivity index (χ2v) is 22.1. The van der Waals surface area contributed by atoms with E-state index in [2.05, 4.69) is 50.5 Å². The molecule has 3 aromatic rings. The van der Waals surface area contributed by atoms with Crippen LogP contribution in [0.1, 0.15) is 134 Å². The summed E-state index contributed by atoms with van der Waals surface area (Å²) >= 11 is 0. The van der Waals surface area contributed by atoms with Gasteiger partial charge in [0.15, 0.2) is 0 Å². The number of carbonyl (C=O) groups excluding carboxylic acids is 7. The molecule has 0 bridgehead atoms. The van der Waals surface area contributed by atoms with Crippen molar-refractivity contribution >= 4 is 64.6 Å². The maximum atomic E-state index is 13.8. The quantitative estimate of drug-likeness (QED) is 0.142. The molecule has 76 heavy (non-hydrogen) atoms. The molecular formula is C55H75N13O8. The van der Waals surface area contributed by atoms with Crippen LogP contribution in [0.3, 0.4) is 0 Å². The van der Waals surface area contributed by atoms with E-state index in [-0.39, 0.29) is 49.1 Å². The van der Waals surface area contributed by atoms with Gasteiger partial charge >= 0.3 is 5.97 Å². The highest BCUT2D eigenvalue weighted by molar-refractivity contribution is 6.23. The average molecular weight is 1050 g/mol. The number of aromatic nitrogens is 4. The molecule has 21 nitrogen and oxygen atoms in total. The van der Waals surface area contributed by atoms with Crippen molar-refractivity contribution in [3.05, 3.63) is 53.0 Å². The number of hydrogen-bond acceptors (Lipinski definition) is 16. The van der Waals surface area contributed by atoms with Crippen LogP contribution >= 0.6 is 0 Å². The average Bonchev–Trinajstić information content (AvgIpc) is 3.96. The van der Waals surface area contributed by atoms with E-state index in [9.17, 15) is 33.6 Å². The molecule has 408 valence electrons. The van der Waals surface area contributed by atoms with Gasteiger partial charge in [-0.15, -0.1) is 0 Å². The molecule has 2 aliphatic carbocycles. The number of fused-ring (bicyclic) bond motifs is 1. The summed E-state index contributed by atoms with van der Waals surface area (Å²) in [6.45, 7) is 13.1. The van der Waals surface area contributed by atoms with Gasteiger partial charge in [-0.2, -0.15) is 10.1 Å². The second-order valence-electron chi connectivity index (χ2n) is 22.1. The molecule has 6 amide bonds. The van der Waals surface area contributed by atoms with Crippen LogP contribution in [-0.4, -0.2) is 182 Å². The highest BCUT2D eigenvalue weighted by Gasteiger charge is 2.45. The van der Waals surface area contributed by atoms with E-state index in [4.69, 9.17) is 9.72 Å². The fraction of sp³-hybridized carbons (Fsp3) is 0.636. The van der Waals surface area contributed by atoms with Crippen LogP contribution in [0.25, 0.3) is 0 Å². The Balaban J connectivity index is 0.597. The molecule has 1 aromatic carbocycles. The minimum absolute atomic E-state index is 0.00702. The standard InChI is InChI=1S/C55H75N13O8/c1-4-76-54(75)47-35(2)57-55(59-40-33-56-62(3)34-40)61-48(47)58-39-11-13-41(14-12-39)64-28-30-67(31-29-64)51(72)38-9-7-37(8-10-38)50(71)66-22-19-36(20-23-66)6-5-21-63-24-26-65(27-25-63)42-15-16-43-44(32-42)53(74)68(52(43)73)45-17-18-46(69)60-49(45)70/h15-16,32-34,36-39,41,45H,4-14,17-31H2,1-3H3,(H,60,69,70)(H2,57,58,59,61). The molecule has 2 saturated carbocycles. The van der Waals surface area contributed by atoms with E-state index in [1.165, 1.54) is 0 Å². The number of piperazine rings is 2. The monoisotopic (exact) mass is 1050 g/mol. The zero-order valence-electron chi connectivity index (χ0n) is 44.5. The maximum Gasteiger partial charge on any atom is 0.343 e. The van der Waals surface area contributed by atoms with Crippen molar-refractivity contribution in [3.63, 3.8) is 0 Å². The Morgan fingerprint density at radius 3 is 2.08 bits per heavy atom. The van der Waals surface area contributed by atoms with Gasteiger partial charge in [-0.1, -0.05) is 0 Å². The van der Waals surface area contributed by atoms with Crippen LogP contribution in [0.15, 0.2) is 30.6 Å². The maximum absolute atomic E-state index is 13.8. The van der Waals surface area contributed by atoms with Crippen molar-refractivity contribution in [2.24, 2.45) is 24.8 Å². The van der Waals surface area contributed by atoms with Crippen LogP contribution in [-0.2, 0) is 31.0 Å². The summed E-state index contributed by atoms with van der Waals surface area (Å²) in [5, 5.41) is 13.2. The van der Waals surface area contributed by atoms with Gasteiger partial charge in [0.2, 0.25) is 29.6 Å². The fourth-order valence-corrected chi connectivity index (χ4v) is 12.9. The first kappa shape index (κ1) is 52.9. The lowest BCUT2D eigenvalue weighted by Gasteiger charge is -2.43. The summed E-state index contributed by atoms with van der Waals surface area (Å²) in [5.41, 5.74) is 3.13. The van der Waals surface area contributed by atoms with Gasteiger partial charge in [0.1, 0.15) is 17.4 Å². The second kappa shape index (κ2) is 23.4. The van der Waals surface area contributed by atoms with Gasteiger partial charge in [0, 0.05) is 115 Å². The molecule has 6 fully saturated rings. The third-order valence-corrected chi connectivity index (χ3v) is 17.3. The third kappa shape index (κ3) is 11.7. The van der Waals surface area contributed by atoms with Gasteiger partial charge < -0.3 is 30.1 Å². The Bertz CT molecular complexity index is 2660. The number of nitrogens with zero attached hydrogens (tertiary/aromatic N) is 10. The molecule has 21 heteroatoms. The largest absolute Gasteiger partial charge is 0.462 e. The Morgan fingerprint density at radius 1 is 0.763 bits per heavy atom. The number of piperidine rings is 2. The van der Waals surface area contributed by atoms with Gasteiger partial charge in [-0.25, -0.2) is 9.78 Å². The summed E-state index contributed by atoms with van der Waals surface area (Å²) in [6.07, 6.45) is 15.1. The van der Waals surface area contributed by atoms with E-state index < -0.39 is 35.6 Å². The lowest BCUT2D eigenvalue weighted by molar-refractivity contribution is -0.143. The van der Waals surface area contributed by atoms with Gasteiger partial charge in [0.05, 0.1) is 35.3 Å². The summed E-state index contributed by atoms with van der Waals surface area (Å²) in [4.78, 5) is 113. The highest BCUT2D eigenvalue weighted by atomic mass is 16.5. The molecule has 0 spiro atoms. The first-order chi connectivity index (χ1) is 36.8. The minimum Gasteiger partial charge on any atom is -0.462 e. The molecule has 5 aliphatic heterocycles. The number of aryl methyl sites for hydroxylation is 2. The number of likely N-dealkylation sites (tertiary alicyclic amines) is 1. The SMILES string of the molecule is CCOC(=O)c1c(C)nc(Nc2cnn(C)c2)nc1NC1CCC(N2CCN(C(=O)C3CCC(C(=O)N4CCC(CCCN5CCN(c6ccc7c(c6)C(=O)N(C6CCC(=O)NC6=O)C7=O)CC5)CC4)CC3)CC2)CC1. The molecule has 7 aliphatic rings. The number of esters is 1. The van der Waals surface area contributed by atoms with Gasteiger partial charge in [-0.3, -0.25) is 53.5 Å². The van der Waals surface area contributed by atoms with Crippen LogP contribution in [0.2, 0.25) is 0 Å². The van der Waals surface area contributed by atoms with Crippen molar-refractivity contribution in [1.29, 1.82) is 0 Å². The minimum atomic E-state index is -0.976. The number of imide groups is 2. The van der Waals surface area contributed by atoms with E-state index in [1.54, 1.807) is 36.9 Å². The van der Waals surface area contributed by atoms with Crippen molar-refractivity contribution in [3.8, 4) is 0 Å². The molecular weight excluding hydrogens is 971 g/mol. The number of anilines is 4. The normalized spacial score (nSPS) is 25.1. The van der Waals surface area contributed by atoms with E-state index in [1.807, 2.05) is 19.3 Å². The molecule has 4 saturated heterocycles. The van der Waals surface area contributed by atoms with Crippen molar-refractivity contribution in [2.75, 3.05) is 94.1 Å². The van der Waals surface area contributed by atoms with E-state index in [0.717, 1.165) is 165 Å². The first-order valence-electron chi connectivity index (χ1n) is 28.0. The van der Waals surface area contributed by atoms with Crippen LogP contribution in [0.4, 0.5) is 23.1 Å². The summed E-state index contributed by atoms with van der Waals surface area (Å²) < 4.78 is 7.08. The number of carbonyl (C=O) groups is 7. The number of benzene rings is 1. The lowest BCUT2D eigenvalue weighted by atomic mass is 9.80. The third-order valence-electron chi connectivity index (χ3n) is 17.3. The van der Waals surface area contributed by atoms with Crippen LogP contribution in [0, 0.1) is 24.7 Å². The molecule has 2 aromatic heterocycles. The van der Waals surface area contributed by atoms with Crippen molar-refractivity contribution < 1.29 is 38.3 Å². The van der Waals surface area contributed by atoms with Crippen LogP contribution in [0.5, 0.6) is 0 Å². The number of nitrogens with one attached hydrogen (secondary N) is 3. The lowest BCUT2D eigenvalue weighted by Crippen LogP contribution is -2.54. The fourth-order valence-electron chi connectivity index (χ4n) is 12.9. The predicted octanol–water partition coefficient (Wildman–Crippen LogP) is 4.35.